The van der Waals surface area contributed by atoms with Crippen molar-refractivity contribution in [2.24, 2.45) is 10.9 Å². The van der Waals surface area contributed by atoms with E-state index in [4.69, 9.17) is 4.99 Å². The molecule has 0 spiro atoms. The first kappa shape index (κ1) is 18.7. The van der Waals surface area contributed by atoms with Gasteiger partial charge in [0.25, 0.3) is 0 Å². The highest BCUT2D eigenvalue weighted by Crippen LogP contribution is 2.48. The molecule has 1 aromatic carbocycles. The SMILES string of the molecule is CCNC(=NCC1(c2cccc(Br)c2)CC1)NCC1CCN(CC)C1. The fourth-order valence-corrected chi connectivity index (χ4v) is 4.09. The van der Waals surface area contributed by atoms with Crippen LogP contribution in [0.15, 0.2) is 33.7 Å². The van der Waals surface area contributed by atoms with Gasteiger partial charge in [-0.2, -0.15) is 0 Å². The number of hydrogen-bond acceptors (Lipinski definition) is 2. The topological polar surface area (TPSA) is 39.7 Å². The number of likely N-dealkylation sites (tertiary alicyclic amines) is 1. The molecule has 0 radical (unpaired) electrons. The van der Waals surface area contributed by atoms with Crippen LogP contribution in [0.1, 0.15) is 38.7 Å². The molecule has 0 aromatic heterocycles. The van der Waals surface area contributed by atoms with Crippen LogP contribution in [0.4, 0.5) is 0 Å². The molecular formula is C20H31BrN4. The van der Waals surface area contributed by atoms with E-state index in [1.165, 1.54) is 44.5 Å². The summed E-state index contributed by atoms with van der Waals surface area (Å²) in [6.07, 6.45) is 3.77. The molecule has 4 nitrogen and oxygen atoms in total. The van der Waals surface area contributed by atoms with Crippen LogP contribution in [0, 0.1) is 5.92 Å². The van der Waals surface area contributed by atoms with E-state index in [0.717, 1.165) is 36.0 Å². The van der Waals surface area contributed by atoms with Crippen LogP contribution in [0.2, 0.25) is 0 Å². The average Bonchev–Trinajstić information content (AvgIpc) is 3.27. The van der Waals surface area contributed by atoms with Crippen molar-refractivity contribution < 1.29 is 0 Å². The van der Waals surface area contributed by atoms with E-state index >= 15 is 0 Å². The van der Waals surface area contributed by atoms with Crippen LogP contribution in [-0.4, -0.2) is 50.1 Å². The maximum atomic E-state index is 4.92. The van der Waals surface area contributed by atoms with Gasteiger partial charge in [-0.25, -0.2) is 0 Å². The zero-order valence-electron chi connectivity index (χ0n) is 15.5. The van der Waals surface area contributed by atoms with Crippen molar-refractivity contribution in [1.29, 1.82) is 0 Å². The largest absolute Gasteiger partial charge is 0.357 e. The van der Waals surface area contributed by atoms with Crippen LogP contribution >= 0.6 is 15.9 Å². The normalized spacial score (nSPS) is 22.8. The molecule has 1 unspecified atom stereocenters. The van der Waals surface area contributed by atoms with Crippen molar-refractivity contribution in [2.75, 3.05) is 39.3 Å². The van der Waals surface area contributed by atoms with Gasteiger partial charge in [-0.3, -0.25) is 4.99 Å². The van der Waals surface area contributed by atoms with Crippen molar-refractivity contribution in [1.82, 2.24) is 15.5 Å². The Labute approximate surface area is 160 Å². The number of guanidine groups is 1. The zero-order chi connectivity index (χ0) is 17.7. The average molecular weight is 407 g/mol. The molecule has 3 rings (SSSR count). The summed E-state index contributed by atoms with van der Waals surface area (Å²) < 4.78 is 1.16. The molecule has 1 aliphatic carbocycles. The summed E-state index contributed by atoms with van der Waals surface area (Å²) in [5.74, 6) is 1.71. The number of rotatable bonds is 7. The molecule has 1 saturated heterocycles. The molecule has 1 saturated carbocycles. The Morgan fingerprint density at radius 2 is 2.16 bits per heavy atom. The maximum Gasteiger partial charge on any atom is 0.191 e. The number of hydrogen-bond donors (Lipinski definition) is 2. The molecular weight excluding hydrogens is 376 g/mol. The lowest BCUT2D eigenvalue weighted by Gasteiger charge is -2.18. The molecule has 1 heterocycles. The molecule has 2 fully saturated rings. The van der Waals surface area contributed by atoms with E-state index in [0.29, 0.717) is 0 Å². The Bertz CT molecular complexity index is 597. The van der Waals surface area contributed by atoms with Crippen LogP contribution in [0.3, 0.4) is 0 Å². The molecule has 0 bridgehead atoms. The van der Waals surface area contributed by atoms with E-state index in [9.17, 15) is 0 Å². The summed E-state index contributed by atoms with van der Waals surface area (Å²) in [4.78, 5) is 7.45. The number of benzene rings is 1. The van der Waals surface area contributed by atoms with Crippen LogP contribution in [-0.2, 0) is 5.41 Å². The highest BCUT2D eigenvalue weighted by atomic mass is 79.9. The third-order valence-electron chi connectivity index (χ3n) is 5.55. The fourth-order valence-electron chi connectivity index (χ4n) is 3.69. The summed E-state index contributed by atoms with van der Waals surface area (Å²) >= 11 is 3.60. The summed E-state index contributed by atoms with van der Waals surface area (Å²) in [7, 11) is 0. The summed E-state index contributed by atoms with van der Waals surface area (Å²) in [5, 5.41) is 6.98. The minimum atomic E-state index is 0.249. The summed E-state index contributed by atoms with van der Waals surface area (Å²) in [6.45, 7) is 10.8. The van der Waals surface area contributed by atoms with Gasteiger partial charge in [-0.15, -0.1) is 0 Å². The monoisotopic (exact) mass is 406 g/mol. The Morgan fingerprint density at radius 1 is 1.32 bits per heavy atom. The molecule has 0 amide bonds. The minimum Gasteiger partial charge on any atom is -0.357 e. The van der Waals surface area contributed by atoms with Crippen molar-refractivity contribution in [2.45, 2.75) is 38.5 Å². The standard InChI is InChI=1S/C20H31BrN4/c1-3-22-19(23-13-16-8-11-25(4-2)14-16)24-15-20(9-10-20)17-6-5-7-18(21)12-17/h5-7,12,16H,3-4,8-11,13-15H2,1-2H3,(H2,22,23,24). The zero-order valence-corrected chi connectivity index (χ0v) is 17.1. The summed E-state index contributed by atoms with van der Waals surface area (Å²) in [5.41, 5.74) is 1.66. The molecule has 1 atom stereocenters. The van der Waals surface area contributed by atoms with Crippen molar-refractivity contribution >= 4 is 21.9 Å². The fraction of sp³-hybridized carbons (Fsp3) is 0.650. The first-order chi connectivity index (χ1) is 12.1. The van der Waals surface area contributed by atoms with E-state index in [2.05, 4.69) is 69.6 Å². The Balaban J connectivity index is 1.57. The van der Waals surface area contributed by atoms with Gasteiger partial charge in [0.15, 0.2) is 5.96 Å². The van der Waals surface area contributed by atoms with Crippen LogP contribution < -0.4 is 10.6 Å². The molecule has 2 aliphatic rings. The van der Waals surface area contributed by atoms with E-state index in [1.807, 2.05) is 0 Å². The van der Waals surface area contributed by atoms with E-state index in [1.54, 1.807) is 0 Å². The van der Waals surface area contributed by atoms with Gasteiger partial charge in [0, 0.05) is 29.5 Å². The molecule has 5 heteroatoms. The van der Waals surface area contributed by atoms with E-state index in [-0.39, 0.29) is 5.41 Å². The lowest BCUT2D eigenvalue weighted by atomic mass is 9.96. The Morgan fingerprint density at radius 3 is 2.80 bits per heavy atom. The molecule has 25 heavy (non-hydrogen) atoms. The van der Waals surface area contributed by atoms with Gasteiger partial charge in [-0.1, -0.05) is 35.0 Å². The van der Waals surface area contributed by atoms with Gasteiger partial charge in [-0.05, 0) is 62.9 Å². The number of nitrogens with one attached hydrogen (secondary N) is 2. The highest BCUT2D eigenvalue weighted by Gasteiger charge is 2.44. The second-order valence-corrected chi connectivity index (χ2v) is 8.33. The summed E-state index contributed by atoms with van der Waals surface area (Å²) in [6, 6.07) is 8.72. The molecule has 138 valence electrons. The van der Waals surface area contributed by atoms with Crippen LogP contribution in [0.5, 0.6) is 0 Å². The second kappa shape index (κ2) is 8.54. The lowest BCUT2D eigenvalue weighted by Crippen LogP contribution is -2.40. The van der Waals surface area contributed by atoms with Gasteiger partial charge < -0.3 is 15.5 Å². The van der Waals surface area contributed by atoms with Gasteiger partial charge in [0.05, 0.1) is 6.54 Å². The number of halogens is 1. The molecule has 1 aromatic rings. The predicted octanol–water partition coefficient (Wildman–Crippen LogP) is 3.38. The number of aliphatic imine (C=N–C) groups is 1. The van der Waals surface area contributed by atoms with Gasteiger partial charge in [0.2, 0.25) is 0 Å². The molecule has 2 N–H and O–H groups in total. The predicted molar refractivity (Wildman–Crippen MR) is 109 cm³/mol. The first-order valence-corrected chi connectivity index (χ1v) is 10.4. The third-order valence-corrected chi connectivity index (χ3v) is 6.04. The quantitative estimate of drug-likeness (QED) is 0.538. The Kier molecular flexibility index (Phi) is 6.39. The van der Waals surface area contributed by atoms with Crippen LogP contribution in [0.25, 0.3) is 0 Å². The highest BCUT2D eigenvalue weighted by molar-refractivity contribution is 9.10. The number of nitrogens with zero attached hydrogens (tertiary/aromatic N) is 2. The third kappa shape index (κ3) is 4.98. The van der Waals surface area contributed by atoms with Gasteiger partial charge >= 0.3 is 0 Å². The lowest BCUT2D eigenvalue weighted by molar-refractivity contribution is 0.342. The molecule has 1 aliphatic heterocycles. The smallest absolute Gasteiger partial charge is 0.191 e. The first-order valence-electron chi connectivity index (χ1n) is 9.66. The van der Waals surface area contributed by atoms with Crippen molar-refractivity contribution in [3.8, 4) is 0 Å². The van der Waals surface area contributed by atoms with Gasteiger partial charge in [0.1, 0.15) is 0 Å². The van der Waals surface area contributed by atoms with Crippen molar-refractivity contribution in [3.63, 3.8) is 0 Å². The minimum absolute atomic E-state index is 0.249. The Hall–Kier alpha value is -1.07. The maximum absolute atomic E-state index is 4.92. The van der Waals surface area contributed by atoms with E-state index < -0.39 is 0 Å². The van der Waals surface area contributed by atoms with Crippen molar-refractivity contribution in [3.05, 3.63) is 34.3 Å². The second-order valence-electron chi connectivity index (χ2n) is 7.41.